The zero-order valence-electron chi connectivity index (χ0n) is 14.0. The van der Waals surface area contributed by atoms with E-state index < -0.39 is 5.97 Å². The van der Waals surface area contributed by atoms with E-state index in [4.69, 9.17) is 0 Å². The van der Waals surface area contributed by atoms with Crippen molar-refractivity contribution in [2.24, 2.45) is 5.92 Å². The van der Waals surface area contributed by atoms with E-state index in [1.54, 1.807) is 18.2 Å². The minimum atomic E-state index is -0.888. The zero-order valence-corrected chi connectivity index (χ0v) is 14.0. The maximum atomic E-state index is 11.2. The lowest BCUT2D eigenvalue weighted by atomic mass is 9.94. The van der Waals surface area contributed by atoms with Crippen LogP contribution in [0.25, 0.3) is 11.1 Å². The zero-order chi connectivity index (χ0) is 16.9. The summed E-state index contributed by atoms with van der Waals surface area (Å²) in [4.78, 5) is 11.2. The molecule has 1 aromatic carbocycles. The molecule has 0 amide bonds. The van der Waals surface area contributed by atoms with E-state index in [0.29, 0.717) is 11.5 Å². The second kappa shape index (κ2) is 5.23. The summed E-state index contributed by atoms with van der Waals surface area (Å²) >= 11 is 0. The van der Waals surface area contributed by atoms with Crippen molar-refractivity contribution >= 4 is 5.97 Å². The molecule has 0 spiro atoms. The molecule has 2 aliphatic carbocycles. The highest BCUT2D eigenvalue weighted by atomic mass is 16.4. The lowest BCUT2D eigenvalue weighted by molar-refractivity contribution is 0.0697. The van der Waals surface area contributed by atoms with Crippen LogP contribution in [-0.2, 0) is 5.54 Å². The third-order valence-electron chi connectivity index (χ3n) is 5.34. The molecule has 2 aliphatic rings. The summed E-state index contributed by atoms with van der Waals surface area (Å²) < 4.78 is 2.31. The Kier molecular flexibility index (Phi) is 3.27. The molecule has 2 unspecified atom stereocenters. The van der Waals surface area contributed by atoms with Gasteiger partial charge >= 0.3 is 5.97 Å². The van der Waals surface area contributed by atoms with Crippen LogP contribution in [0.3, 0.4) is 0 Å². The quantitative estimate of drug-likeness (QED) is 0.874. The number of allylic oxidation sites excluding steroid dienone is 4. The van der Waals surface area contributed by atoms with Gasteiger partial charge in [-0.1, -0.05) is 42.4 Å². The molecule has 2 atom stereocenters. The molecule has 1 heterocycles. The van der Waals surface area contributed by atoms with Crippen LogP contribution in [0.2, 0.25) is 0 Å². The van der Waals surface area contributed by atoms with Gasteiger partial charge in [-0.3, -0.25) is 0 Å². The number of aromatic carboxylic acids is 1. The molecule has 24 heavy (non-hydrogen) atoms. The van der Waals surface area contributed by atoms with Crippen molar-refractivity contribution in [2.75, 3.05) is 0 Å². The van der Waals surface area contributed by atoms with E-state index in [0.717, 1.165) is 24.0 Å². The minimum Gasteiger partial charge on any atom is -0.478 e. The van der Waals surface area contributed by atoms with Crippen LogP contribution in [0, 0.1) is 5.92 Å². The Morgan fingerprint density at radius 3 is 2.92 bits per heavy atom. The molecule has 0 saturated heterocycles. The van der Waals surface area contributed by atoms with Crippen molar-refractivity contribution in [3.05, 3.63) is 71.6 Å². The number of carbonyl (C=O) groups is 1. The van der Waals surface area contributed by atoms with Gasteiger partial charge in [0.1, 0.15) is 0 Å². The van der Waals surface area contributed by atoms with Crippen molar-refractivity contribution in [1.29, 1.82) is 0 Å². The van der Waals surface area contributed by atoms with Gasteiger partial charge in [0.25, 0.3) is 0 Å². The Balaban J connectivity index is 1.69. The first-order valence-electron chi connectivity index (χ1n) is 8.45. The van der Waals surface area contributed by atoms with Crippen molar-refractivity contribution in [3.8, 4) is 11.1 Å². The Bertz CT molecular complexity index is 887. The number of hydrogen-bond acceptors (Lipinski definition) is 1. The van der Waals surface area contributed by atoms with Crippen molar-refractivity contribution in [1.82, 2.24) is 4.57 Å². The molecular weight excluding hydrogens is 298 g/mol. The number of aromatic nitrogens is 1. The minimum absolute atomic E-state index is 0.0901. The lowest BCUT2D eigenvalue weighted by Gasteiger charge is -2.22. The number of fused-ring (bicyclic) bond motifs is 1. The van der Waals surface area contributed by atoms with Gasteiger partial charge < -0.3 is 9.67 Å². The van der Waals surface area contributed by atoms with Gasteiger partial charge in [0.2, 0.25) is 0 Å². The number of carboxylic acids is 1. The fourth-order valence-corrected chi connectivity index (χ4v) is 4.08. The first kappa shape index (κ1) is 15.0. The van der Waals surface area contributed by atoms with Crippen LogP contribution in [0.1, 0.15) is 37.0 Å². The highest BCUT2D eigenvalue weighted by Crippen LogP contribution is 2.59. The van der Waals surface area contributed by atoms with E-state index in [9.17, 15) is 9.90 Å². The number of nitrogens with zero attached hydrogens (tertiary/aromatic N) is 1. The molecule has 0 radical (unpaired) electrons. The van der Waals surface area contributed by atoms with Gasteiger partial charge in [-0.25, -0.2) is 4.79 Å². The normalized spacial score (nSPS) is 24.8. The average molecular weight is 319 g/mol. The third kappa shape index (κ3) is 2.23. The first-order chi connectivity index (χ1) is 11.5. The SMILES string of the molecule is CCC1=CC(C)=CC2(n3ccc(-c4cccc(C(=O)O)c4)c3)CC12. The molecule has 4 rings (SSSR count). The number of benzene rings is 1. The predicted molar refractivity (Wildman–Crippen MR) is 95.0 cm³/mol. The van der Waals surface area contributed by atoms with Crippen molar-refractivity contribution in [3.63, 3.8) is 0 Å². The summed E-state index contributed by atoms with van der Waals surface area (Å²) in [6, 6.07) is 9.22. The second-order valence-electron chi connectivity index (χ2n) is 6.90. The summed E-state index contributed by atoms with van der Waals surface area (Å²) in [6.45, 7) is 4.40. The van der Waals surface area contributed by atoms with Crippen LogP contribution in [-0.4, -0.2) is 15.6 Å². The fraction of sp³-hybridized carbons (Fsp3) is 0.286. The molecule has 1 fully saturated rings. The molecule has 2 aromatic rings. The Labute approximate surface area is 141 Å². The summed E-state index contributed by atoms with van der Waals surface area (Å²) in [5.74, 6) is -0.280. The maximum Gasteiger partial charge on any atom is 0.335 e. The molecule has 3 nitrogen and oxygen atoms in total. The van der Waals surface area contributed by atoms with Gasteiger partial charge in [-0.15, -0.1) is 0 Å². The lowest BCUT2D eigenvalue weighted by Crippen LogP contribution is -2.18. The molecule has 1 saturated carbocycles. The van der Waals surface area contributed by atoms with Crippen LogP contribution in [0.4, 0.5) is 0 Å². The van der Waals surface area contributed by atoms with Gasteiger partial charge in [0.15, 0.2) is 0 Å². The summed E-state index contributed by atoms with van der Waals surface area (Å²) in [7, 11) is 0. The van der Waals surface area contributed by atoms with Crippen LogP contribution in [0.15, 0.2) is 66.0 Å². The molecule has 0 aliphatic heterocycles. The predicted octanol–water partition coefficient (Wildman–Crippen LogP) is 4.86. The van der Waals surface area contributed by atoms with Crippen molar-refractivity contribution in [2.45, 2.75) is 32.2 Å². The van der Waals surface area contributed by atoms with E-state index >= 15 is 0 Å². The topological polar surface area (TPSA) is 42.2 Å². The molecular formula is C21H21NO2. The monoisotopic (exact) mass is 319 g/mol. The van der Waals surface area contributed by atoms with Gasteiger partial charge in [-0.05, 0) is 49.1 Å². The Morgan fingerprint density at radius 1 is 1.33 bits per heavy atom. The van der Waals surface area contributed by atoms with Crippen LogP contribution in [0.5, 0.6) is 0 Å². The summed E-state index contributed by atoms with van der Waals surface area (Å²) in [6.07, 6.45) is 11.3. The number of carboxylic acid groups (broad SMARTS) is 1. The molecule has 122 valence electrons. The third-order valence-corrected chi connectivity index (χ3v) is 5.34. The van der Waals surface area contributed by atoms with Crippen LogP contribution < -0.4 is 0 Å². The Hall–Kier alpha value is -2.55. The van der Waals surface area contributed by atoms with E-state index in [-0.39, 0.29) is 5.54 Å². The van der Waals surface area contributed by atoms with E-state index in [2.05, 4.69) is 49.0 Å². The smallest absolute Gasteiger partial charge is 0.335 e. The fourth-order valence-electron chi connectivity index (χ4n) is 4.08. The Morgan fingerprint density at radius 2 is 2.17 bits per heavy atom. The molecule has 3 heteroatoms. The standard InChI is InChI=1S/C21H21NO2/c1-3-15-9-14(2)11-21(12-19(15)21)22-8-7-18(13-22)16-5-4-6-17(10-16)20(23)24/h4-11,13,19H,3,12H2,1-2H3,(H,23,24). The van der Waals surface area contributed by atoms with Crippen molar-refractivity contribution < 1.29 is 9.90 Å². The van der Waals surface area contributed by atoms with Gasteiger partial charge in [-0.2, -0.15) is 0 Å². The van der Waals surface area contributed by atoms with Crippen LogP contribution >= 0.6 is 0 Å². The average Bonchev–Trinajstić information content (AvgIpc) is 3.10. The first-order valence-corrected chi connectivity index (χ1v) is 8.45. The van der Waals surface area contributed by atoms with E-state index in [1.165, 1.54) is 11.1 Å². The molecule has 0 bridgehead atoms. The molecule has 1 aromatic heterocycles. The largest absolute Gasteiger partial charge is 0.478 e. The summed E-state index contributed by atoms with van der Waals surface area (Å²) in [5.41, 5.74) is 5.31. The number of hydrogen-bond donors (Lipinski definition) is 1. The number of rotatable bonds is 4. The second-order valence-corrected chi connectivity index (χ2v) is 6.90. The maximum absolute atomic E-state index is 11.2. The van der Waals surface area contributed by atoms with Gasteiger partial charge in [0, 0.05) is 18.3 Å². The van der Waals surface area contributed by atoms with Gasteiger partial charge in [0.05, 0.1) is 11.1 Å². The van der Waals surface area contributed by atoms with E-state index in [1.807, 2.05) is 6.07 Å². The summed E-state index contributed by atoms with van der Waals surface area (Å²) in [5, 5.41) is 9.18. The molecule has 1 N–H and O–H groups in total. The highest BCUT2D eigenvalue weighted by Gasteiger charge is 2.56. The highest BCUT2D eigenvalue weighted by molar-refractivity contribution is 5.89.